The van der Waals surface area contributed by atoms with Gasteiger partial charge in [0.25, 0.3) is 0 Å². The lowest BCUT2D eigenvalue weighted by Gasteiger charge is -2.23. The number of sulfonamides is 1. The highest BCUT2D eigenvalue weighted by Crippen LogP contribution is 2.27. The van der Waals surface area contributed by atoms with Crippen LogP contribution in [0.2, 0.25) is 0 Å². The molecule has 0 aliphatic carbocycles. The Labute approximate surface area is 183 Å². The Balaban J connectivity index is 1.98. The SMILES string of the molecule is [C-]#[N+]c1ccc(S(=O)(=O)N(Cc2ccc(OC)cc2)Cc2ccc(OC)cc2)cc1C. The molecule has 0 saturated carbocycles. The predicted molar refractivity (Wildman–Crippen MR) is 120 cm³/mol. The molecule has 7 heteroatoms. The van der Waals surface area contributed by atoms with E-state index in [0.29, 0.717) is 22.7 Å². The minimum atomic E-state index is -3.81. The molecule has 3 rings (SSSR count). The average molecular weight is 437 g/mol. The summed E-state index contributed by atoms with van der Waals surface area (Å²) in [4.78, 5) is 3.59. The van der Waals surface area contributed by atoms with Crippen LogP contribution in [-0.2, 0) is 23.1 Å². The molecule has 0 bridgehead atoms. The normalized spacial score (nSPS) is 11.2. The average Bonchev–Trinajstić information content (AvgIpc) is 2.79. The third-order valence-electron chi connectivity index (χ3n) is 4.96. The van der Waals surface area contributed by atoms with Crippen molar-refractivity contribution in [1.82, 2.24) is 4.31 Å². The van der Waals surface area contributed by atoms with E-state index in [-0.39, 0.29) is 18.0 Å². The molecule has 0 saturated heterocycles. The minimum Gasteiger partial charge on any atom is -0.497 e. The molecule has 6 nitrogen and oxygen atoms in total. The number of aryl methyl sites for hydroxylation is 1. The number of methoxy groups -OCH3 is 2. The van der Waals surface area contributed by atoms with Crippen molar-refractivity contribution >= 4 is 15.7 Å². The fraction of sp³-hybridized carbons (Fsp3) is 0.208. The summed E-state index contributed by atoms with van der Waals surface area (Å²) >= 11 is 0. The molecule has 0 radical (unpaired) electrons. The lowest BCUT2D eigenvalue weighted by Crippen LogP contribution is -2.30. The topological polar surface area (TPSA) is 60.2 Å². The quantitative estimate of drug-likeness (QED) is 0.469. The molecule has 0 N–H and O–H groups in total. The number of ether oxygens (including phenoxy) is 2. The van der Waals surface area contributed by atoms with Crippen LogP contribution in [0.5, 0.6) is 11.5 Å². The second kappa shape index (κ2) is 9.65. The lowest BCUT2D eigenvalue weighted by atomic mass is 10.2. The van der Waals surface area contributed by atoms with Crippen molar-refractivity contribution in [2.24, 2.45) is 0 Å². The van der Waals surface area contributed by atoms with Gasteiger partial charge in [0.2, 0.25) is 10.0 Å². The molecule has 0 fully saturated rings. The molecule has 31 heavy (non-hydrogen) atoms. The van der Waals surface area contributed by atoms with Crippen molar-refractivity contribution in [2.75, 3.05) is 14.2 Å². The van der Waals surface area contributed by atoms with Crippen LogP contribution >= 0.6 is 0 Å². The molecule has 0 amide bonds. The molecular formula is C24H24N2O4S. The standard InChI is InChI=1S/C24H24N2O4S/c1-18-15-23(13-14-24(18)25-2)31(27,28)26(16-19-5-9-21(29-3)10-6-19)17-20-7-11-22(30-4)12-8-20/h5-15H,16-17H2,1,3-4H3. The van der Waals surface area contributed by atoms with Gasteiger partial charge in [-0.05, 0) is 53.9 Å². The van der Waals surface area contributed by atoms with E-state index < -0.39 is 10.0 Å². The maximum absolute atomic E-state index is 13.5. The van der Waals surface area contributed by atoms with Crippen LogP contribution in [-0.4, -0.2) is 26.9 Å². The molecule has 0 heterocycles. The largest absolute Gasteiger partial charge is 0.497 e. The highest BCUT2D eigenvalue weighted by molar-refractivity contribution is 7.89. The van der Waals surface area contributed by atoms with E-state index >= 15 is 0 Å². The van der Waals surface area contributed by atoms with Gasteiger partial charge in [-0.3, -0.25) is 0 Å². The van der Waals surface area contributed by atoms with Gasteiger partial charge in [-0.15, -0.1) is 0 Å². The maximum atomic E-state index is 13.5. The van der Waals surface area contributed by atoms with Gasteiger partial charge >= 0.3 is 0 Å². The first-order valence-corrected chi connectivity index (χ1v) is 11.1. The van der Waals surface area contributed by atoms with E-state index in [9.17, 15) is 8.42 Å². The van der Waals surface area contributed by atoms with Crippen molar-refractivity contribution < 1.29 is 17.9 Å². The molecule has 0 aliphatic rings. The Morgan fingerprint density at radius 1 is 0.839 bits per heavy atom. The van der Waals surface area contributed by atoms with Gasteiger partial charge in [0.15, 0.2) is 5.69 Å². The summed E-state index contributed by atoms with van der Waals surface area (Å²) in [5, 5.41) is 0. The second-order valence-electron chi connectivity index (χ2n) is 7.03. The number of hydrogen-bond donors (Lipinski definition) is 0. The predicted octanol–water partition coefficient (Wildman–Crippen LogP) is 4.95. The van der Waals surface area contributed by atoms with Crippen molar-refractivity contribution in [1.29, 1.82) is 0 Å². The fourth-order valence-electron chi connectivity index (χ4n) is 3.16. The Hall–Kier alpha value is -3.34. The molecule has 0 atom stereocenters. The van der Waals surface area contributed by atoms with Crippen molar-refractivity contribution in [3.8, 4) is 11.5 Å². The second-order valence-corrected chi connectivity index (χ2v) is 8.97. The molecule has 3 aromatic rings. The Kier molecular flexibility index (Phi) is 6.95. The summed E-state index contributed by atoms with van der Waals surface area (Å²) in [7, 11) is -0.633. The molecular weight excluding hydrogens is 412 g/mol. The number of hydrogen-bond acceptors (Lipinski definition) is 4. The van der Waals surface area contributed by atoms with Crippen molar-refractivity contribution in [3.05, 3.63) is 94.8 Å². The van der Waals surface area contributed by atoms with Crippen LogP contribution in [0.15, 0.2) is 71.6 Å². The first kappa shape index (κ1) is 22.3. The summed E-state index contributed by atoms with van der Waals surface area (Å²) < 4.78 is 38.9. The summed E-state index contributed by atoms with van der Waals surface area (Å²) in [5.74, 6) is 1.41. The smallest absolute Gasteiger partial charge is 0.243 e. The fourth-order valence-corrected chi connectivity index (χ4v) is 4.66. The Morgan fingerprint density at radius 2 is 1.32 bits per heavy atom. The van der Waals surface area contributed by atoms with Crippen molar-refractivity contribution in [3.63, 3.8) is 0 Å². The van der Waals surface area contributed by atoms with Crippen LogP contribution in [0.25, 0.3) is 4.85 Å². The molecule has 0 aromatic heterocycles. The van der Waals surface area contributed by atoms with Crippen LogP contribution in [0.4, 0.5) is 5.69 Å². The van der Waals surface area contributed by atoms with Crippen LogP contribution in [0.3, 0.4) is 0 Å². The van der Waals surface area contributed by atoms with Crippen molar-refractivity contribution in [2.45, 2.75) is 24.9 Å². The van der Waals surface area contributed by atoms with Gasteiger partial charge in [0, 0.05) is 13.1 Å². The van der Waals surface area contributed by atoms with E-state index in [2.05, 4.69) is 4.85 Å². The Morgan fingerprint density at radius 3 is 1.71 bits per heavy atom. The Bertz CT molecular complexity index is 1130. The summed E-state index contributed by atoms with van der Waals surface area (Å²) in [6, 6.07) is 19.2. The monoisotopic (exact) mass is 436 g/mol. The number of benzene rings is 3. The molecule has 0 unspecified atom stereocenters. The van der Waals surface area contributed by atoms with E-state index in [1.165, 1.54) is 10.4 Å². The maximum Gasteiger partial charge on any atom is 0.243 e. The van der Waals surface area contributed by atoms with Gasteiger partial charge in [-0.25, -0.2) is 13.3 Å². The minimum absolute atomic E-state index is 0.166. The molecule has 160 valence electrons. The zero-order valence-corrected chi connectivity index (χ0v) is 18.5. The van der Waals surface area contributed by atoms with Gasteiger partial charge in [-0.2, -0.15) is 4.31 Å². The van der Waals surface area contributed by atoms with Gasteiger partial charge < -0.3 is 9.47 Å². The highest BCUT2D eigenvalue weighted by atomic mass is 32.2. The third-order valence-corrected chi connectivity index (χ3v) is 6.75. The lowest BCUT2D eigenvalue weighted by molar-refractivity contribution is 0.397. The first-order valence-electron chi connectivity index (χ1n) is 9.61. The van der Waals surface area contributed by atoms with Crippen LogP contribution < -0.4 is 9.47 Å². The van der Waals surface area contributed by atoms with Crippen LogP contribution in [0, 0.1) is 13.5 Å². The molecule has 0 spiro atoms. The van der Waals surface area contributed by atoms with Gasteiger partial charge in [-0.1, -0.05) is 36.4 Å². The van der Waals surface area contributed by atoms with E-state index in [0.717, 1.165) is 11.1 Å². The highest BCUT2D eigenvalue weighted by Gasteiger charge is 2.25. The van der Waals surface area contributed by atoms with Crippen LogP contribution in [0.1, 0.15) is 16.7 Å². The third kappa shape index (κ3) is 5.23. The number of nitrogens with zero attached hydrogens (tertiary/aromatic N) is 2. The van der Waals surface area contributed by atoms with Gasteiger partial charge in [0.1, 0.15) is 11.5 Å². The summed E-state index contributed by atoms with van der Waals surface area (Å²) in [6.45, 7) is 9.34. The number of rotatable bonds is 8. The molecule has 3 aromatic carbocycles. The first-order chi connectivity index (χ1) is 14.9. The van der Waals surface area contributed by atoms with E-state index in [1.54, 1.807) is 33.3 Å². The summed E-state index contributed by atoms with van der Waals surface area (Å²) in [6.07, 6.45) is 0. The summed E-state index contributed by atoms with van der Waals surface area (Å²) in [5.41, 5.74) is 2.75. The zero-order chi connectivity index (χ0) is 22.4. The van der Waals surface area contributed by atoms with E-state index in [1.807, 2.05) is 48.5 Å². The van der Waals surface area contributed by atoms with E-state index in [4.69, 9.17) is 16.0 Å². The van der Waals surface area contributed by atoms with Gasteiger partial charge in [0.05, 0.1) is 25.7 Å². The zero-order valence-electron chi connectivity index (χ0n) is 17.7. The molecule has 0 aliphatic heterocycles.